The van der Waals surface area contributed by atoms with Gasteiger partial charge in [0.25, 0.3) is 0 Å². The molecule has 0 aromatic heterocycles. The number of rotatable bonds is 7. The Kier molecular flexibility index (Phi) is 10.6. The number of nitrogens with two attached hydrogens (primary N) is 1. The van der Waals surface area contributed by atoms with Gasteiger partial charge in [-0.3, -0.25) is 14.7 Å². The Labute approximate surface area is 206 Å². The molecule has 31 heavy (non-hydrogen) atoms. The Morgan fingerprint density at radius 3 is 2.48 bits per heavy atom. The first-order chi connectivity index (χ1) is 14.5. The van der Waals surface area contributed by atoms with Crippen LogP contribution in [-0.4, -0.2) is 36.9 Å². The van der Waals surface area contributed by atoms with Crippen LogP contribution in [0.3, 0.4) is 0 Å². The van der Waals surface area contributed by atoms with Crippen LogP contribution < -0.4 is 16.4 Å². The summed E-state index contributed by atoms with van der Waals surface area (Å²) in [6.07, 6.45) is 1.92. The fourth-order valence-electron chi connectivity index (χ4n) is 3.72. The van der Waals surface area contributed by atoms with E-state index in [1.54, 1.807) is 7.05 Å². The zero-order valence-corrected chi connectivity index (χ0v) is 20.9. The lowest BCUT2D eigenvalue weighted by molar-refractivity contribution is -0.123. The molecule has 1 amide bonds. The van der Waals surface area contributed by atoms with E-state index in [1.165, 1.54) is 11.1 Å². The average Bonchev–Trinajstić information content (AvgIpc) is 2.75. The summed E-state index contributed by atoms with van der Waals surface area (Å²) in [4.78, 5) is 18.1. The molecule has 1 aliphatic rings. The highest BCUT2D eigenvalue weighted by molar-refractivity contribution is 14.0. The van der Waals surface area contributed by atoms with Crippen molar-refractivity contribution in [1.82, 2.24) is 15.5 Å². The molecule has 0 bridgehead atoms. The summed E-state index contributed by atoms with van der Waals surface area (Å²) in [6.45, 7) is 3.94. The lowest BCUT2D eigenvalue weighted by Crippen LogP contribution is -2.40. The quantitative estimate of drug-likeness (QED) is 0.277. The SMILES string of the molecule is CN=C(NCc1ccc(Cl)cc1)NCc1cccc(CN2CCCC(C(N)=O)C2)c1.I. The molecule has 2 aromatic rings. The van der Waals surface area contributed by atoms with Gasteiger partial charge < -0.3 is 16.4 Å². The first kappa shape index (κ1) is 25.4. The van der Waals surface area contributed by atoms with Crippen molar-refractivity contribution in [2.45, 2.75) is 32.5 Å². The maximum absolute atomic E-state index is 11.5. The van der Waals surface area contributed by atoms with Gasteiger partial charge in [-0.1, -0.05) is 48.0 Å². The number of carbonyl (C=O) groups is 1. The second-order valence-electron chi connectivity index (χ2n) is 7.70. The van der Waals surface area contributed by atoms with Gasteiger partial charge in [-0.05, 0) is 48.2 Å². The molecule has 8 heteroatoms. The number of nitrogens with one attached hydrogen (secondary N) is 2. The van der Waals surface area contributed by atoms with Gasteiger partial charge in [-0.25, -0.2) is 0 Å². The van der Waals surface area contributed by atoms with Gasteiger partial charge in [0.05, 0.1) is 5.92 Å². The number of likely N-dealkylation sites (tertiary alicyclic amines) is 1. The van der Waals surface area contributed by atoms with E-state index in [0.717, 1.165) is 49.0 Å². The number of benzene rings is 2. The van der Waals surface area contributed by atoms with Gasteiger partial charge in [0, 0.05) is 38.2 Å². The van der Waals surface area contributed by atoms with Gasteiger partial charge >= 0.3 is 0 Å². The highest BCUT2D eigenvalue weighted by Crippen LogP contribution is 2.18. The van der Waals surface area contributed by atoms with Crippen molar-refractivity contribution in [3.63, 3.8) is 0 Å². The van der Waals surface area contributed by atoms with Gasteiger partial charge in [0.15, 0.2) is 5.96 Å². The zero-order chi connectivity index (χ0) is 21.3. The summed E-state index contributed by atoms with van der Waals surface area (Å²) in [5.41, 5.74) is 9.06. The summed E-state index contributed by atoms with van der Waals surface area (Å²) in [7, 11) is 1.76. The number of amides is 1. The van der Waals surface area contributed by atoms with Crippen LogP contribution in [0, 0.1) is 5.92 Å². The highest BCUT2D eigenvalue weighted by atomic mass is 127. The Hall–Kier alpha value is -1.84. The summed E-state index contributed by atoms with van der Waals surface area (Å²) >= 11 is 5.93. The smallest absolute Gasteiger partial charge is 0.221 e. The van der Waals surface area contributed by atoms with Crippen molar-refractivity contribution >= 4 is 47.4 Å². The van der Waals surface area contributed by atoms with Crippen molar-refractivity contribution in [3.8, 4) is 0 Å². The lowest BCUT2D eigenvalue weighted by Gasteiger charge is -2.31. The van der Waals surface area contributed by atoms with Crippen molar-refractivity contribution in [1.29, 1.82) is 0 Å². The van der Waals surface area contributed by atoms with Crippen LogP contribution in [0.5, 0.6) is 0 Å². The lowest BCUT2D eigenvalue weighted by atomic mass is 9.97. The molecular weight excluding hydrogens is 525 g/mol. The van der Waals surface area contributed by atoms with Gasteiger partial charge in [-0.15, -0.1) is 24.0 Å². The number of hydrogen-bond acceptors (Lipinski definition) is 3. The third kappa shape index (κ3) is 8.31. The van der Waals surface area contributed by atoms with Crippen molar-refractivity contribution in [2.24, 2.45) is 16.6 Å². The van der Waals surface area contributed by atoms with E-state index in [-0.39, 0.29) is 35.8 Å². The number of nitrogens with zero attached hydrogens (tertiary/aromatic N) is 2. The molecule has 1 heterocycles. The van der Waals surface area contributed by atoms with E-state index in [2.05, 4.69) is 44.8 Å². The third-order valence-corrected chi connectivity index (χ3v) is 5.61. The summed E-state index contributed by atoms with van der Waals surface area (Å²) < 4.78 is 0. The minimum atomic E-state index is -0.185. The fourth-order valence-corrected chi connectivity index (χ4v) is 3.85. The fraction of sp³-hybridized carbons (Fsp3) is 0.391. The molecule has 1 aliphatic heterocycles. The number of halogens is 2. The Morgan fingerprint density at radius 1 is 1.13 bits per heavy atom. The maximum atomic E-state index is 11.5. The summed E-state index contributed by atoms with van der Waals surface area (Å²) in [6, 6.07) is 16.3. The predicted octanol–water partition coefficient (Wildman–Crippen LogP) is 3.52. The van der Waals surface area contributed by atoms with E-state index in [4.69, 9.17) is 17.3 Å². The van der Waals surface area contributed by atoms with Crippen molar-refractivity contribution in [3.05, 3.63) is 70.2 Å². The Bertz CT molecular complexity index is 875. The van der Waals surface area contributed by atoms with Crippen molar-refractivity contribution in [2.75, 3.05) is 20.1 Å². The molecule has 3 rings (SSSR count). The van der Waals surface area contributed by atoms with Crippen LogP contribution in [0.25, 0.3) is 0 Å². The molecule has 0 spiro atoms. The summed E-state index contributed by atoms with van der Waals surface area (Å²) in [5.74, 6) is 0.532. The predicted molar refractivity (Wildman–Crippen MR) is 138 cm³/mol. The molecule has 1 atom stereocenters. The van der Waals surface area contributed by atoms with E-state index in [0.29, 0.717) is 13.1 Å². The standard InChI is InChI=1S/C23H30ClN5O.HI/c1-26-23(27-13-17-7-9-21(24)10-8-17)28-14-18-4-2-5-19(12-18)15-29-11-3-6-20(16-29)22(25)30;/h2,4-5,7-10,12,20H,3,6,11,13-16H2,1H3,(H2,25,30)(H2,26,27,28);1H. The van der Waals surface area contributed by atoms with Gasteiger partial charge in [0.2, 0.25) is 5.91 Å². The third-order valence-electron chi connectivity index (χ3n) is 5.36. The molecule has 6 nitrogen and oxygen atoms in total. The van der Waals surface area contributed by atoms with E-state index in [9.17, 15) is 4.79 Å². The van der Waals surface area contributed by atoms with Gasteiger partial charge in [0.1, 0.15) is 0 Å². The maximum Gasteiger partial charge on any atom is 0.221 e. The Balaban J connectivity index is 0.00000341. The van der Waals surface area contributed by atoms with Crippen LogP contribution in [0.4, 0.5) is 0 Å². The van der Waals surface area contributed by atoms with Crippen LogP contribution in [0.15, 0.2) is 53.5 Å². The monoisotopic (exact) mass is 555 g/mol. The first-order valence-corrected chi connectivity index (χ1v) is 10.7. The van der Waals surface area contributed by atoms with Crippen molar-refractivity contribution < 1.29 is 4.79 Å². The average molecular weight is 556 g/mol. The normalized spacial score (nSPS) is 17.0. The van der Waals surface area contributed by atoms with E-state index in [1.807, 2.05) is 24.3 Å². The number of piperidine rings is 1. The molecule has 1 fully saturated rings. The number of aliphatic imine (C=N–C) groups is 1. The molecule has 1 unspecified atom stereocenters. The molecule has 4 N–H and O–H groups in total. The largest absolute Gasteiger partial charge is 0.369 e. The molecule has 1 saturated heterocycles. The second kappa shape index (κ2) is 12.9. The molecular formula is C23H31ClIN5O. The number of guanidine groups is 1. The Morgan fingerprint density at radius 2 is 1.81 bits per heavy atom. The zero-order valence-electron chi connectivity index (χ0n) is 17.8. The van der Waals surface area contributed by atoms with E-state index >= 15 is 0 Å². The first-order valence-electron chi connectivity index (χ1n) is 10.3. The molecule has 168 valence electrons. The number of hydrogen-bond donors (Lipinski definition) is 3. The number of carbonyl (C=O) groups excluding carboxylic acids is 1. The minimum absolute atomic E-state index is 0. The van der Waals surface area contributed by atoms with Gasteiger partial charge in [-0.2, -0.15) is 0 Å². The topological polar surface area (TPSA) is 82.8 Å². The van der Waals surface area contributed by atoms with E-state index < -0.39 is 0 Å². The number of primary amides is 1. The highest BCUT2D eigenvalue weighted by Gasteiger charge is 2.23. The minimum Gasteiger partial charge on any atom is -0.369 e. The van der Waals surface area contributed by atoms with Crippen LogP contribution in [0.1, 0.15) is 29.5 Å². The van der Waals surface area contributed by atoms with Crippen LogP contribution >= 0.6 is 35.6 Å². The van der Waals surface area contributed by atoms with Crippen LogP contribution in [-0.2, 0) is 24.4 Å². The molecule has 2 aromatic carbocycles. The molecule has 0 radical (unpaired) electrons. The second-order valence-corrected chi connectivity index (χ2v) is 8.14. The summed E-state index contributed by atoms with van der Waals surface area (Å²) in [5, 5.41) is 7.41. The molecule has 0 aliphatic carbocycles. The molecule has 0 saturated carbocycles. The van der Waals surface area contributed by atoms with Crippen LogP contribution in [0.2, 0.25) is 5.02 Å².